The highest BCUT2D eigenvalue weighted by Crippen LogP contribution is 2.17. The maximum Gasteiger partial charge on any atom is 0.296 e. The molecule has 7 heteroatoms. The summed E-state index contributed by atoms with van der Waals surface area (Å²) < 4.78 is 0. The van der Waals surface area contributed by atoms with Gasteiger partial charge in [-0.05, 0) is 48.7 Å². The minimum absolute atomic E-state index is 0.0985. The van der Waals surface area contributed by atoms with Crippen molar-refractivity contribution in [1.82, 2.24) is 5.32 Å². The molecule has 3 N–H and O–H groups in total. The molecule has 3 amide bonds. The summed E-state index contributed by atoms with van der Waals surface area (Å²) in [6.07, 6.45) is 0.891. The highest BCUT2D eigenvalue weighted by molar-refractivity contribution is 6.47. The molecule has 0 aromatic heterocycles. The second kappa shape index (κ2) is 10.2. The number of rotatable bonds is 8. The van der Waals surface area contributed by atoms with Gasteiger partial charge in [-0.3, -0.25) is 19.2 Å². The van der Waals surface area contributed by atoms with Gasteiger partial charge in [-0.25, -0.2) is 0 Å². The number of nitrogens with one attached hydrogen (secondary N) is 3. The van der Waals surface area contributed by atoms with Crippen LogP contribution < -0.4 is 16.0 Å². The molecule has 0 unspecified atom stereocenters. The van der Waals surface area contributed by atoms with Crippen LogP contribution in [0.1, 0.15) is 47.9 Å². The minimum atomic E-state index is -0.836. The van der Waals surface area contributed by atoms with Crippen LogP contribution in [0.5, 0.6) is 0 Å². The molecular formula is C22H25N3O4. The normalized spacial score (nSPS) is 10.3. The molecule has 0 heterocycles. The molecule has 0 aliphatic rings. The average molecular weight is 395 g/mol. The smallest absolute Gasteiger partial charge is 0.296 e. The zero-order valence-electron chi connectivity index (χ0n) is 16.7. The summed E-state index contributed by atoms with van der Waals surface area (Å²) in [4.78, 5) is 48.2. The van der Waals surface area contributed by atoms with Gasteiger partial charge in [0.05, 0.1) is 11.3 Å². The molecule has 0 spiro atoms. The summed E-state index contributed by atoms with van der Waals surface area (Å²) in [5, 5.41) is 7.88. The average Bonchev–Trinajstić information content (AvgIpc) is 2.67. The molecule has 0 atom stereocenters. The van der Waals surface area contributed by atoms with Gasteiger partial charge in [0.25, 0.3) is 17.6 Å². The van der Waals surface area contributed by atoms with Crippen LogP contribution in [0.2, 0.25) is 0 Å². The van der Waals surface area contributed by atoms with Crippen molar-refractivity contribution in [1.29, 1.82) is 0 Å². The Labute approximate surface area is 169 Å². The maximum atomic E-state index is 12.5. The van der Waals surface area contributed by atoms with Gasteiger partial charge in [-0.1, -0.05) is 26.0 Å². The molecule has 0 aliphatic carbocycles. The molecule has 2 aromatic rings. The van der Waals surface area contributed by atoms with Crippen molar-refractivity contribution in [2.24, 2.45) is 5.92 Å². The van der Waals surface area contributed by atoms with Gasteiger partial charge in [-0.15, -0.1) is 0 Å². The predicted octanol–water partition coefficient (Wildman–Crippen LogP) is 3.24. The first-order valence-electron chi connectivity index (χ1n) is 9.38. The van der Waals surface area contributed by atoms with Gasteiger partial charge >= 0.3 is 0 Å². The summed E-state index contributed by atoms with van der Waals surface area (Å²) >= 11 is 0. The summed E-state index contributed by atoms with van der Waals surface area (Å²) in [5.74, 6) is -1.64. The first-order valence-corrected chi connectivity index (χ1v) is 9.38. The second-order valence-electron chi connectivity index (χ2n) is 7.03. The Bertz CT molecular complexity index is 905. The van der Waals surface area contributed by atoms with Crippen LogP contribution in [0.25, 0.3) is 0 Å². The fourth-order valence-corrected chi connectivity index (χ4v) is 2.57. The SMILES string of the molecule is CC(=O)Nc1ccccc1C(=O)C(=O)Nc1ccc(C(=O)NCCC(C)C)cc1. The van der Waals surface area contributed by atoms with Gasteiger partial charge in [0.1, 0.15) is 0 Å². The van der Waals surface area contributed by atoms with Gasteiger partial charge in [-0.2, -0.15) is 0 Å². The van der Waals surface area contributed by atoms with Crippen LogP contribution in [0.15, 0.2) is 48.5 Å². The van der Waals surface area contributed by atoms with E-state index in [4.69, 9.17) is 0 Å². The van der Waals surface area contributed by atoms with Crippen molar-refractivity contribution in [3.8, 4) is 0 Å². The Morgan fingerprint density at radius 3 is 2.17 bits per heavy atom. The quantitative estimate of drug-likeness (QED) is 0.471. The van der Waals surface area contributed by atoms with Gasteiger partial charge < -0.3 is 16.0 Å². The monoisotopic (exact) mass is 395 g/mol. The van der Waals surface area contributed by atoms with Crippen molar-refractivity contribution in [3.05, 3.63) is 59.7 Å². The Morgan fingerprint density at radius 1 is 0.897 bits per heavy atom. The van der Waals surface area contributed by atoms with Crippen LogP contribution in [-0.4, -0.2) is 30.0 Å². The third kappa shape index (κ3) is 6.57. The number of anilines is 2. The van der Waals surface area contributed by atoms with Crippen LogP contribution >= 0.6 is 0 Å². The topological polar surface area (TPSA) is 104 Å². The molecule has 0 radical (unpaired) electrons. The zero-order valence-corrected chi connectivity index (χ0v) is 16.7. The fourth-order valence-electron chi connectivity index (χ4n) is 2.57. The minimum Gasteiger partial charge on any atom is -0.352 e. The van der Waals surface area contributed by atoms with E-state index in [1.54, 1.807) is 42.5 Å². The van der Waals surface area contributed by atoms with Crippen molar-refractivity contribution in [3.63, 3.8) is 0 Å². The lowest BCUT2D eigenvalue weighted by Crippen LogP contribution is -2.26. The van der Waals surface area contributed by atoms with E-state index in [1.165, 1.54) is 13.0 Å². The predicted molar refractivity (Wildman–Crippen MR) is 112 cm³/mol. The van der Waals surface area contributed by atoms with Crippen molar-refractivity contribution < 1.29 is 19.2 Å². The highest BCUT2D eigenvalue weighted by atomic mass is 16.2. The number of para-hydroxylation sites is 1. The molecule has 0 fully saturated rings. The Hall–Kier alpha value is -3.48. The van der Waals surface area contributed by atoms with E-state index in [9.17, 15) is 19.2 Å². The Kier molecular flexibility index (Phi) is 7.65. The van der Waals surface area contributed by atoms with E-state index >= 15 is 0 Å². The van der Waals surface area contributed by atoms with Gasteiger partial charge in [0, 0.05) is 24.7 Å². The second-order valence-corrected chi connectivity index (χ2v) is 7.03. The highest BCUT2D eigenvalue weighted by Gasteiger charge is 2.20. The molecule has 0 saturated heterocycles. The van der Waals surface area contributed by atoms with Crippen molar-refractivity contribution >= 4 is 34.9 Å². The van der Waals surface area contributed by atoms with Crippen LogP contribution in [0.4, 0.5) is 11.4 Å². The third-order valence-electron chi connectivity index (χ3n) is 4.10. The number of carbonyl (C=O) groups excluding carboxylic acids is 4. The first kappa shape index (κ1) is 21.8. The van der Waals surface area contributed by atoms with Crippen molar-refractivity contribution in [2.45, 2.75) is 27.2 Å². The van der Waals surface area contributed by atoms with Gasteiger partial charge in [0.2, 0.25) is 5.91 Å². The largest absolute Gasteiger partial charge is 0.352 e. The summed E-state index contributed by atoms with van der Waals surface area (Å²) in [6, 6.07) is 12.6. The van der Waals surface area contributed by atoms with Crippen LogP contribution in [-0.2, 0) is 9.59 Å². The molecule has 0 aliphatic heterocycles. The van der Waals surface area contributed by atoms with Crippen LogP contribution in [0.3, 0.4) is 0 Å². The van der Waals surface area contributed by atoms with Crippen molar-refractivity contribution in [2.75, 3.05) is 17.2 Å². The molecule has 2 aromatic carbocycles. The van der Waals surface area contributed by atoms with E-state index in [0.717, 1.165) is 6.42 Å². The Morgan fingerprint density at radius 2 is 1.55 bits per heavy atom. The van der Waals surface area contributed by atoms with E-state index in [2.05, 4.69) is 29.8 Å². The van der Waals surface area contributed by atoms with E-state index in [0.29, 0.717) is 23.7 Å². The van der Waals surface area contributed by atoms with E-state index in [1.807, 2.05) is 0 Å². The summed E-state index contributed by atoms with van der Waals surface area (Å²) in [6.45, 7) is 6.08. The molecule has 29 heavy (non-hydrogen) atoms. The van der Waals surface area contributed by atoms with E-state index in [-0.39, 0.29) is 23.1 Å². The number of benzene rings is 2. The first-order chi connectivity index (χ1) is 13.8. The lowest BCUT2D eigenvalue weighted by molar-refractivity contribution is -0.114. The lowest BCUT2D eigenvalue weighted by Gasteiger charge is -2.10. The number of ketones is 1. The third-order valence-corrected chi connectivity index (χ3v) is 4.10. The summed E-state index contributed by atoms with van der Waals surface area (Å²) in [5.41, 5.74) is 1.23. The van der Waals surface area contributed by atoms with Crippen LogP contribution in [0, 0.1) is 5.92 Å². The molecule has 0 bridgehead atoms. The summed E-state index contributed by atoms with van der Waals surface area (Å²) in [7, 11) is 0. The molecule has 7 nitrogen and oxygen atoms in total. The standard InChI is InChI=1S/C22H25N3O4/c1-14(2)12-13-23-21(28)16-8-10-17(11-9-16)25-22(29)20(27)18-6-4-5-7-19(18)24-15(3)26/h4-11,14H,12-13H2,1-3H3,(H,23,28)(H,24,26)(H,25,29). The fraction of sp³-hybridized carbons (Fsp3) is 0.273. The molecule has 0 saturated carbocycles. The lowest BCUT2D eigenvalue weighted by atomic mass is 10.1. The maximum absolute atomic E-state index is 12.5. The molecule has 2 rings (SSSR count). The zero-order chi connectivity index (χ0) is 21.4. The van der Waals surface area contributed by atoms with E-state index < -0.39 is 11.7 Å². The number of Topliss-reactive ketones (excluding diaryl/α,β-unsaturated/α-hetero) is 1. The number of carbonyl (C=O) groups is 4. The van der Waals surface area contributed by atoms with Gasteiger partial charge in [0.15, 0.2) is 0 Å². The Balaban J connectivity index is 2.01. The number of hydrogen-bond acceptors (Lipinski definition) is 4. The number of amides is 3. The molecule has 152 valence electrons. The number of hydrogen-bond donors (Lipinski definition) is 3. The molecular weight excluding hydrogens is 370 g/mol.